The molecule has 0 radical (unpaired) electrons. The highest BCUT2D eigenvalue weighted by Gasteiger charge is 2.62. The Balaban J connectivity index is 1.13. The fourth-order valence-electron chi connectivity index (χ4n) is 8.28. The van der Waals surface area contributed by atoms with Gasteiger partial charge in [-0.3, -0.25) is 4.79 Å². The second-order valence-corrected chi connectivity index (χ2v) is 10.3. The van der Waals surface area contributed by atoms with E-state index < -0.39 is 0 Å². The number of ether oxygens (including phenoxy) is 2. The van der Waals surface area contributed by atoms with Gasteiger partial charge >= 0.3 is 5.97 Å². The molecule has 3 heteroatoms. The predicted molar refractivity (Wildman–Crippen MR) is 98.0 cm³/mol. The van der Waals surface area contributed by atoms with E-state index in [2.05, 4.69) is 19.1 Å². The van der Waals surface area contributed by atoms with Gasteiger partial charge in [-0.1, -0.05) is 19.1 Å². The summed E-state index contributed by atoms with van der Waals surface area (Å²) in [6.45, 7) is 2.09. The fourth-order valence-corrected chi connectivity index (χ4v) is 8.28. The molecule has 0 amide bonds. The van der Waals surface area contributed by atoms with Crippen LogP contribution in [-0.4, -0.2) is 17.9 Å². The third kappa shape index (κ3) is 2.19. The van der Waals surface area contributed by atoms with Gasteiger partial charge in [0.1, 0.15) is 0 Å². The highest BCUT2D eigenvalue weighted by atomic mass is 16.7. The SMILES string of the molecule is CCC(OC(=O)C1CC2CC1C1C3C=CC(C3)C21)OC12CCC(CC1)C2. The number of hydrogen-bond donors (Lipinski definition) is 0. The molecule has 6 aliphatic rings. The first-order chi connectivity index (χ1) is 12.7. The summed E-state index contributed by atoms with van der Waals surface area (Å²) < 4.78 is 12.4. The monoisotopic (exact) mass is 356 g/mol. The van der Waals surface area contributed by atoms with Crippen molar-refractivity contribution in [2.45, 2.75) is 76.6 Å². The summed E-state index contributed by atoms with van der Waals surface area (Å²) in [5, 5.41) is 0. The van der Waals surface area contributed by atoms with Gasteiger partial charge in [-0.05, 0) is 92.8 Å². The van der Waals surface area contributed by atoms with Gasteiger partial charge in [0.25, 0.3) is 0 Å². The van der Waals surface area contributed by atoms with E-state index in [0.717, 1.165) is 48.3 Å². The van der Waals surface area contributed by atoms with E-state index in [1.807, 2.05) is 0 Å². The topological polar surface area (TPSA) is 35.5 Å². The average Bonchev–Trinajstić information content (AvgIpc) is 3.47. The maximum Gasteiger partial charge on any atom is 0.311 e. The van der Waals surface area contributed by atoms with Crippen LogP contribution < -0.4 is 0 Å². The number of hydrogen-bond acceptors (Lipinski definition) is 3. The van der Waals surface area contributed by atoms with Crippen LogP contribution in [0.5, 0.6) is 0 Å². The van der Waals surface area contributed by atoms with E-state index in [1.165, 1.54) is 44.9 Å². The van der Waals surface area contributed by atoms with Gasteiger partial charge in [0.2, 0.25) is 6.29 Å². The van der Waals surface area contributed by atoms with Crippen LogP contribution in [0.15, 0.2) is 12.2 Å². The van der Waals surface area contributed by atoms with Crippen LogP contribution in [0.25, 0.3) is 0 Å². The van der Waals surface area contributed by atoms with Crippen LogP contribution >= 0.6 is 0 Å². The molecule has 5 saturated carbocycles. The summed E-state index contributed by atoms with van der Waals surface area (Å²) in [6, 6.07) is 0. The lowest BCUT2D eigenvalue weighted by Crippen LogP contribution is -2.39. The zero-order chi connectivity index (χ0) is 17.5. The molecule has 0 aromatic carbocycles. The molecule has 0 heterocycles. The smallest absolute Gasteiger partial charge is 0.311 e. The van der Waals surface area contributed by atoms with Crippen LogP contribution in [0.4, 0.5) is 0 Å². The largest absolute Gasteiger partial charge is 0.436 e. The second kappa shape index (κ2) is 5.59. The number of carbonyl (C=O) groups excluding carboxylic acids is 1. The normalized spacial score (nSPS) is 53.4. The molecule has 6 aliphatic carbocycles. The maximum absolute atomic E-state index is 13.1. The summed E-state index contributed by atoms with van der Waals surface area (Å²) in [5.74, 6) is 5.63. The Labute approximate surface area is 156 Å². The molecule has 0 aliphatic heterocycles. The van der Waals surface area contributed by atoms with Crippen molar-refractivity contribution in [3.8, 4) is 0 Å². The molecular weight excluding hydrogens is 324 g/mol. The lowest BCUT2D eigenvalue weighted by atomic mass is 9.69. The number of esters is 1. The maximum atomic E-state index is 13.1. The summed E-state index contributed by atoms with van der Waals surface area (Å²) >= 11 is 0. The van der Waals surface area contributed by atoms with Crippen LogP contribution in [-0.2, 0) is 14.3 Å². The van der Waals surface area contributed by atoms with Crippen LogP contribution in [0, 0.1) is 47.3 Å². The van der Waals surface area contributed by atoms with Crippen molar-refractivity contribution in [1.29, 1.82) is 0 Å². The molecular formula is C23H32O3. The van der Waals surface area contributed by atoms with Gasteiger partial charge in [-0.15, -0.1) is 0 Å². The van der Waals surface area contributed by atoms with Gasteiger partial charge in [0.15, 0.2) is 0 Å². The van der Waals surface area contributed by atoms with Crippen molar-refractivity contribution in [3.05, 3.63) is 12.2 Å². The molecule has 8 unspecified atom stereocenters. The minimum atomic E-state index is -0.325. The van der Waals surface area contributed by atoms with Crippen molar-refractivity contribution in [2.24, 2.45) is 47.3 Å². The van der Waals surface area contributed by atoms with Crippen molar-refractivity contribution in [2.75, 3.05) is 0 Å². The van der Waals surface area contributed by atoms with E-state index in [4.69, 9.17) is 9.47 Å². The van der Waals surface area contributed by atoms with E-state index in [1.54, 1.807) is 0 Å². The Morgan fingerprint density at radius 3 is 2.58 bits per heavy atom. The highest BCUT2D eigenvalue weighted by Crippen LogP contribution is 2.67. The zero-order valence-electron chi connectivity index (χ0n) is 15.9. The van der Waals surface area contributed by atoms with E-state index in [0.29, 0.717) is 5.92 Å². The molecule has 0 aromatic heterocycles. The molecule has 3 nitrogen and oxygen atoms in total. The third-order valence-corrected chi connectivity index (χ3v) is 9.21. The minimum Gasteiger partial charge on any atom is -0.436 e. The van der Waals surface area contributed by atoms with Crippen molar-refractivity contribution in [3.63, 3.8) is 0 Å². The first-order valence-electron chi connectivity index (χ1n) is 11.2. The number of rotatable bonds is 5. The molecule has 0 spiro atoms. The molecule has 5 fully saturated rings. The van der Waals surface area contributed by atoms with Gasteiger partial charge in [-0.25, -0.2) is 0 Å². The number of carbonyl (C=O) groups is 1. The summed E-state index contributed by atoms with van der Waals surface area (Å²) in [4.78, 5) is 13.1. The molecule has 0 N–H and O–H groups in total. The molecule has 142 valence electrons. The van der Waals surface area contributed by atoms with Crippen molar-refractivity contribution >= 4 is 5.97 Å². The van der Waals surface area contributed by atoms with Crippen LogP contribution in [0.3, 0.4) is 0 Å². The molecule has 6 bridgehead atoms. The molecule has 6 rings (SSSR count). The Morgan fingerprint density at radius 1 is 1.12 bits per heavy atom. The van der Waals surface area contributed by atoms with Crippen LogP contribution in [0.2, 0.25) is 0 Å². The second-order valence-electron chi connectivity index (χ2n) is 10.3. The summed E-state index contributed by atoms with van der Waals surface area (Å²) in [6.07, 6.45) is 15.2. The first-order valence-corrected chi connectivity index (χ1v) is 11.2. The van der Waals surface area contributed by atoms with E-state index in [-0.39, 0.29) is 23.8 Å². The quantitative estimate of drug-likeness (QED) is 0.310. The van der Waals surface area contributed by atoms with Gasteiger partial charge < -0.3 is 9.47 Å². The van der Waals surface area contributed by atoms with Gasteiger partial charge in [-0.2, -0.15) is 0 Å². The average molecular weight is 357 g/mol. The zero-order valence-corrected chi connectivity index (χ0v) is 15.9. The predicted octanol–water partition coefficient (Wildman–Crippen LogP) is 4.71. The molecule has 0 saturated heterocycles. The molecule has 0 aromatic rings. The summed E-state index contributed by atoms with van der Waals surface area (Å²) in [5.41, 5.74) is 0.0286. The Bertz CT molecular complexity index is 631. The lowest BCUT2D eigenvalue weighted by Gasteiger charge is -2.37. The number of allylic oxidation sites excluding steroid dienone is 2. The first kappa shape index (κ1) is 16.2. The highest BCUT2D eigenvalue weighted by molar-refractivity contribution is 5.73. The van der Waals surface area contributed by atoms with E-state index >= 15 is 0 Å². The Kier molecular flexibility index (Phi) is 3.47. The molecule has 26 heavy (non-hydrogen) atoms. The van der Waals surface area contributed by atoms with Gasteiger partial charge in [0, 0.05) is 6.42 Å². The standard InChI is InChI=1S/C23H32O3/c1-2-19(26-23-7-5-13(12-23)6-8-23)25-22(24)18-11-16-10-17(18)21-15-4-3-14(9-15)20(16)21/h3-4,13-21H,2,5-12H2,1H3. The fraction of sp³-hybridized carbons (Fsp3) is 0.870. The third-order valence-electron chi connectivity index (χ3n) is 9.21. The molecule has 8 atom stereocenters. The summed E-state index contributed by atoms with van der Waals surface area (Å²) in [7, 11) is 0. The lowest BCUT2D eigenvalue weighted by molar-refractivity contribution is -0.217. The van der Waals surface area contributed by atoms with Gasteiger partial charge in [0.05, 0.1) is 11.5 Å². The van der Waals surface area contributed by atoms with E-state index in [9.17, 15) is 4.79 Å². The van der Waals surface area contributed by atoms with Crippen molar-refractivity contribution in [1.82, 2.24) is 0 Å². The Morgan fingerprint density at radius 2 is 1.88 bits per heavy atom. The van der Waals surface area contributed by atoms with Crippen LogP contribution in [0.1, 0.15) is 64.7 Å². The Hall–Kier alpha value is -0.830. The minimum absolute atomic E-state index is 0.0286. The number of fused-ring (bicyclic) bond motifs is 11. The van der Waals surface area contributed by atoms with Crippen molar-refractivity contribution < 1.29 is 14.3 Å².